The van der Waals surface area contributed by atoms with Gasteiger partial charge in [0.1, 0.15) is 18.1 Å². The molecule has 14 heteroatoms. The van der Waals surface area contributed by atoms with Crippen molar-refractivity contribution in [3.63, 3.8) is 0 Å². The fourth-order valence-electron chi connectivity index (χ4n) is 5.55. The Bertz CT molecular complexity index is 1340. The molecule has 43 heavy (non-hydrogen) atoms. The summed E-state index contributed by atoms with van der Waals surface area (Å²) in [5.74, 6) is -2.22. The van der Waals surface area contributed by atoms with E-state index in [0.29, 0.717) is 51.7 Å². The number of nitrogens with zero attached hydrogens (tertiary/aromatic N) is 1. The SMILES string of the molecule is N=C(N)NCCCC1NC(=O)[C@H](Cc2c[nH]c3ccccc23)NC(=O)CNC(=O)[C@@H]2CCCN2C(=O)CCCCNC1=O. The van der Waals surface area contributed by atoms with Crippen molar-refractivity contribution in [2.24, 2.45) is 5.73 Å². The molecule has 3 heterocycles. The van der Waals surface area contributed by atoms with Gasteiger partial charge in [0.15, 0.2) is 5.96 Å². The van der Waals surface area contributed by atoms with Crippen molar-refractivity contribution in [1.29, 1.82) is 5.41 Å². The maximum absolute atomic E-state index is 13.6. The van der Waals surface area contributed by atoms with Crippen LogP contribution in [0.1, 0.15) is 50.5 Å². The van der Waals surface area contributed by atoms with Gasteiger partial charge in [0.25, 0.3) is 0 Å². The van der Waals surface area contributed by atoms with E-state index in [9.17, 15) is 24.0 Å². The van der Waals surface area contributed by atoms with Gasteiger partial charge in [-0.1, -0.05) is 18.2 Å². The molecule has 232 valence electrons. The monoisotopic (exact) mass is 595 g/mol. The van der Waals surface area contributed by atoms with Crippen molar-refractivity contribution in [2.45, 2.75) is 69.5 Å². The van der Waals surface area contributed by atoms with Crippen LogP contribution in [0.5, 0.6) is 0 Å². The first-order valence-electron chi connectivity index (χ1n) is 14.8. The zero-order chi connectivity index (χ0) is 30.8. The molecule has 0 aliphatic carbocycles. The quantitative estimate of drug-likeness (QED) is 0.123. The van der Waals surface area contributed by atoms with Gasteiger partial charge in [-0.15, -0.1) is 0 Å². The molecule has 0 saturated carbocycles. The van der Waals surface area contributed by atoms with Gasteiger partial charge >= 0.3 is 0 Å². The highest BCUT2D eigenvalue weighted by molar-refractivity contribution is 5.95. The number of aromatic amines is 1. The largest absolute Gasteiger partial charge is 0.370 e. The van der Waals surface area contributed by atoms with Crippen LogP contribution in [0.4, 0.5) is 0 Å². The van der Waals surface area contributed by atoms with E-state index in [0.717, 1.165) is 16.5 Å². The minimum Gasteiger partial charge on any atom is -0.370 e. The summed E-state index contributed by atoms with van der Waals surface area (Å²) in [4.78, 5) is 70.3. The van der Waals surface area contributed by atoms with E-state index in [1.165, 1.54) is 0 Å². The molecule has 5 amide bonds. The number of aromatic nitrogens is 1. The molecule has 0 spiro atoms. The molecule has 2 aliphatic rings. The van der Waals surface area contributed by atoms with Gasteiger partial charge in [-0.05, 0) is 50.2 Å². The number of rotatable bonds is 6. The Labute approximate surface area is 249 Å². The number of amides is 5. The lowest BCUT2D eigenvalue weighted by Crippen LogP contribution is -2.56. The number of fused-ring (bicyclic) bond motifs is 2. The van der Waals surface area contributed by atoms with Crippen LogP contribution in [0.3, 0.4) is 0 Å². The number of hydrogen-bond acceptors (Lipinski definition) is 6. The summed E-state index contributed by atoms with van der Waals surface area (Å²) in [6, 6.07) is 5.00. The Balaban J connectivity index is 1.54. The minimum atomic E-state index is -1.04. The molecule has 4 rings (SSSR count). The van der Waals surface area contributed by atoms with Crippen LogP contribution in [0, 0.1) is 5.41 Å². The molecular weight excluding hydrogens is 554 g/mol. The van der Waals surface area contributed by atoms with E-state index in [-0.39, 0.29) is 43.6 Å². The summed E-state index contributed by atoms with van der Waals surface area (Å²) >= 11 is 0. The van der Waals surface area contributed by atoms with Gasteiger partial charge in [-0.2, -0.15) is 0 Å². The number of guanidine groups is 1. The summed E-state index contributed by atoms with van der Waals surface area (Å²) in [7, 11) is 0. The first-order chi connectivity index (χ1) is 20.7. The van der Waals surface area contributed by atoms with Crippen molar-refractivity contribution in [3.8, 4) is 0 Å². The maximum atomic E-state index is 13.6. The summed E-state index contributed by atoms with van der Waals surface area (Å²) < 4.78 is 0. The highest BCUT2D eigenvalue weighted by atomic mass is 16.2. The number of benzene rings is 1. The number of carbonyl (C=O) groups excluding carboxylic acids is 5. The van der Waals surface area contributed by atoms with Crippen molar-refractivity contribution in [3.05, 3.63) is 36.0 Å². The molecular formula is C29H41N9O5. The first kappa shape index (κ1) is 31.3. The average molecular weight is 596 g/mol. The van der Waals surface area contributed by atoms with E-state index in [1.54, 1.807) is 11.1 Å². The lowest BCUT2D eigenvalue weighted by molar-refractivity contribution is -0.139. The number of hydrogen-bond donors (Lipinski definition) is 8. The fraction of sp³-hybridized carbons (Fsp3) is 0.517. The summed E-state index contributed by atoms with van der Waals surface area (Å²) in [5.41, 5.74) is 7.04. The van der Waals surface area contributed by atoms with Crippen LogP contribution in [0.25, 0.3) is 10.9 Å². The van der Waals surface area contributed by atoms with Crippen LogP contribution in [-0.4, -0.2) is 89.7 Å². The van der Waals surface area contributed by atoms with Crippen molar-refractivity contribution < 1.29 is 24.0 Å². The Kier molecular flexibility index (Phi) is 10.9. The molecule has 2 aliphatic heterocycles. The highest BCUT2D eigenvalue weighted by Gasteiger charge is 2.34. The van der Waals surface area contributed by atoms with Crippen molar-refractivity contribution in [2.75, 3.05) is 26.2 Å². The summed E-state index contributed by atoms with van der Waals surface area (Å²) in [6.45, 7) is 0.760. The molecule has 1 unspecified atom stereocenters. The molecule has 1 aromatic heterocycles. The van der Waals surface area contributed by atoms with Crippen LogP contribution < -0.4 is 32.3 Å². The number of para-hydroxylation sites is 1. The van der Waals surface area contributed by atoms with Gasteiger partial charge in [0.2, 0.25) is 29.5 Å². The van der Waals surface area contributed by atoms with E-state index >= 15 is 0 Å². The van der Waals surface area contributed by atoms with Crippen LogP contribution in [0.2, 0.25) is 0 Å². The van der Waals surface area contributed by atoms with E-state index in [4.69, 9.17) is 11.1 Å². The molecule has 2 saturated heterocycles. The normalized spacial score (nSPS) is 22.9. The van der Waals surface area contributed by atoms with Gasteiger partial charge in [-0.25, -0.2) is 0 Å². The van der Waals surface area contributed by atoms with E-state index in [2.05, 4.69) is 31.6 Å². The number of nitrogens with two attached hydrogens (primary N) is 1. The zero-order valence-corrected chi connectivity index (χ0v) is 24.2. The molecule has 9 N–H and O–H groups in total. The Hall–Kier alpha value is -4.62. The van der Waals surface area contributed by atoms with E-state index in [1.807, 2.05) is 24.3 Å². The Morgan fingerprint density at radius 3 is 2.60 bits per heavy atom. The molecule has 1 aromatic carbocycles. The molecule has 2 fully saturated rings. The number of H-pyrrole nitrogens is 1. The minimum absolute atomic E-state index is 0.128. The zero-order valence-electron chi connectivity index (χ0n) is 24.2. The third kappa shape index (κ3) is 8.69. The maximum Gasteiger partial charge on any atom is 0.243 e. The van der Waals surface area contributed by atoms with Crippen LogP contribution >= 0.6 is 0 Å². The second kappa shape index (κ2) is 15.0. The second-order valence-electron chi connectivity index (χ2n) is 10.9. The Morgan fingerprint density at radius 1 is 0.977 bits per heavy atom. The summed E-state index contributed by atoms with van der Waals surface area (Å²) in [6.07, 6.45) is 5.15. The average Bonchev–Trinajstić information content (AvgIpc) is 3.64. The summed E-state index contributed by atoms with van der Waals surface area (Å²) in [5, 5.41) is 21.9. The second-order valence-corrected chi connectivity index (χ2v) is 10.9. The number of carbonyl (C=O) groups is 5. The van der Waals surface area contributed by atoms with Gasteiger partial charge in [0.05, 0.1) is 6.54 Å². The third-order valence-corrected chi connectivity index (χ3v) is 7.78. The number of nitrogens with one attached hydrogen (secondary N) is 7. The van der Waals surface area contributed by atoms with Crippen molar-refractivity contribution in [1.82, 2.24) is 36.5 Å². The fourth-order valence-corrected chi connectivity index (χ4v) is 5.55. The van der Waals surface area contributed by atoms with Gasteiger partial charge in [0, 0.05) is 49.6 Å². The molecule has 2 aromatic rings. The molecule has 14 nitrogen and oxygen atoms in total. The van der Waals surface area contributed by atoms with E-state index < -0.39 is 35.8 Å². The lowest BCUT2D eigenvalue weighted by atomic mass is 10.0. The first-order valence-corrected chi connectivity index (χ1v) is 14.8. The lowest BCUT2D eigenvalue weighted by Gasteiger charge is -2.25. The van der Waals surface area contributed by atoms with Crippen LogP contribution in [-0.2, 0) is 30.4 Å². The molecule has 3 atom stereocenters. The third-order valence-electron chi connectivity index (χ3n) is 7.78. The van der Waals surface area contributed by atoms with Crippen molar-refractivity contribution >= 4 is 46.4 Å². The highest BCUT2D eigenvalue weighted by Crippen LogP contribution is 2.20. The smallest absolute Gasteiger partial charge is 0.243 e. The topological polar surface area (TPSA) is 214 Å². The Morgan fingerprint density at radius 2 is 1.79 bits per heavy atom. The van der Waals surface area contributed by atoms with Gasteiger partial charge < -0.3 is 42.2 Å². The predicted molar refractivity (Wildman–Crippen MR) is 160 cm³/mol. The van der Waals surface area contributed by atoms with Gasteiger partial charge in [-0.3, -0.25) is 29.4 Å². The molecule has 0 bridgehead atoms. The predicted octanol–water partition coefficient (Wildman–Crippen LogP) is -0.649. The van der Waals surface area contributed by atoms with Crippen LogP contribution in [0.15, 0.2) is 30.5 Å². The standard InChI is InChI=1S/C29H41N9O5/c30-29(31)33-13-5-9-21-26(41)32-12-4-3-11-25(40)38-14-6-10-23(38)28(43)35-17-24(39)36-22(27(42)37-21)15-18-16-34-20-8-2-1-7-19(18)20/h1-2,7-8,16,21-23,34H,3-6,9-15,17H2,(H,32,41)(H,35,43)(H,36,39)(H,37,42)(H4,30,31,33)/t21?,22-,23-/m0/s1. The molecule has 0 radical (unpaired) electrons.